The van der Waals surface area contributed by atoms with Gasteiger partial charge in [-0.2, -0.15) is 0 Å². The maximum atomic E-state index is 14.0. The standard InChI is InChI=1S/C28H31N5O4/c1-2-9-25(34)32-33(23-14-15-24-22(16-23)17-29-19-30-24)27(35)26(21-12-7-4-8-13-21)31-28(36)37-18-20-10-5-3-6-11-20/h3-8,10-13,17,19,23,26H,2,9,14-16,18H2,1H3,(H,31,36)(H,32,34). The number of alkyl carbamates (subject to hydrolysis) is 1. The van der Waals surface area contributed by atoms with Gasteiger partial charge in [0.1, 0.15) is 19.0 Å². The van der Waals surface area contributed by atoms with Crippen LogP contribution >= 0.6 is 0 Å². The van der Waals surface area contributed by atoms with Crippen molar-refractivity contribution in [1.82, 2.24) is 25.7 Å². The second-order valence-corrected chi connectivity index (χ2v) is 8.93. The molecule has 0 radical (unpaired) electrons. The Morgan fingerprint density at radius 2 is 1.81 bits per heavy atom. The summed E-state index contributed by atoms with van der Waals surface area (Å²) in [5, 5.41) is 4.10. The van der Waals surface area contributed by atoms with Gasteiger partial charge in [0, 0.05) is 18.3 Å². The third kappa shape index (κ3) is 6.91. The van der Waals surface area contributed by atoms with Crippen LogP contribution in [0.4, 0.5) is 4.79 Å². The number of nitrogens with one attached hydrogen (secondary N) is 2. The molecule has 1 aliphatic carbocycles. The van der Waals surface area contributed by atoms with Crippen molar-refractivity contribution in [2.45, 2.75) is 57.7 Å². The molecule has 0 spiro atoms. The van der Waals surface area contributed by atoms with Gasteiger partial charge in [0.25, 0.3) is 5.91 Å². The second kappa shape index (κ2) is 12.6. The van der Waals surface area contributed by atoms with Gasteiger partial charge in [-0.05, 0) is 42.4 Å². The fourth-order valence-corrected chi connectivity index (χ4v) is 4.36. The minimum atomic E-state index is -1.06. The average molecular weight is 502 g/mol. The molecular formula is C28H31N5O4. The van der Waals surface area contributed by atoms with Crippen molar-refractivity contribution in [3.63, 3.8) is 0 Å². The lowest BCUT2D eigenvalue weighted by atomic mass is 9.92. The number of hydrazine groups is 1. The first-order valence-electron chi connectivity index (χ1n) is 12.5. The summed E-state index contributed by atoms with van der Waals surface area (Å²) < 4.78 is 5.40. The number of hydrogen-bond donors (Lipinski definition) is 2. The molecule has 9 heteroatoms. The molecule has 0 bridgehead atoms. The van der Waals surface area contributed by atoms with Gasteiger partial charge in [-0.25, -0.2) is 19.8 Å². The van der Waals surface area contributed by atoms with Crippen LogP contribution in [0.2, 0.25) is 0 Å². The van der Waals surface area contributed by atoms with E-state index >= 15 is 0 Å². The molecule has 4 rings (SSSR count). The van der Waals surface area contributed by atoms with E-state index in [1.165, 1.54) is 11.3 Å². The first-order valence-corrected chi connectivity index (χ1v) is 12.5. The van der Waals surface area contributed by atoms with Crippen molar-refractivity contribution in [2.24, 2.45) is 0 Å². The summed E-state index contributed by atoms with van der Waals surface area (Å²) in [6.45, 7) is 1.97. The topological polar surface area (TPSA) is 114 Å². The maximum Gasteiger partial charge on any atom is 0.408 e. The van der Waals surface area contributed by atoms with Crippen molar-refractivity contribution in [3.8, 4) is 0 Å². The quantitative estimate of drug-likeness (QED) is 0.456. The molecule has 3 aromatic rings. The number of hydrogen-bond acceptors (Lipinski definition) is 6. The molecular weight excluding hydrogens is 470 g/mol. The highest BCUT2D eigenvalue weighted by atomic mass is 16.5. The summed E-state index contributed by atoms with van der Waals surface area (Å²) in [7, 11) is 0. The average Bonchev–Trinajstić information content (AvgIpc) is 2.94. The van der Waals surface area contributed by atoms with E-state index in [0.29, 0.717) is 31.2 Å². The fourth-order valence-electron chi connectivity index (χ4n) is 4.36. The summed E-state index contributed by atoms with van der Waals surface area (Å²) in [6, 6.07) is 16.9. The number of carbonyl (C=O) groups excluding carboxylic acids is 3. The molecule has 0 aliphatic heterocycles. The van der Waals surface area contributed by atoms with Crippen LogP contribution in [0.3, 0.4) is 0 Å². The number of benzene rings is 2. The molecule has 2 unspecified atom stereocenters. The predicted octanol–water partition coefficient (Wildman–Crippen LogP) is 3.66. The van der Waals surface area contributed by atoms with Crippen LogP contribution in [0, 0.1) is 0 Å². The van der Waals surface area contributed by atoms with E-state index in [1.807, 2.05) is 43.3 Å². The van der Waals surface area contributed by atoms with Gasteiger partial charge < -0.3 is 10.1 Å². The van der Waals surface area contributed by atoms with Crippen LogP contribution in [0.5, 0.6) is 0 Å². The normalized spacial score (nSPS) is 15.1. The molecule has 1 aromatic heterocycles. The Hall–Kier alpha value is -4.27. The molecule has 37 heavy (non-hydrogen) atoms. The number of amides is 3. The first kappa shape index (κ1) is 25.8. The van der Waals surface area contributed by atoms with Crippen LogP contribution in [0.1, 0.15) is 54.6 Å². The number of aryl methyl sites for hydroxylation is 1. The van der Waals surface area contributed by atoms with E-state index in [9.17, 15) is 14.4 Å². The van der Waals surface area contributed by atoms with Crippen LogP contribution in [0.25, 0.3) is 0 Å². The zero-order chi connectivity index (χ0) is 26.0. The monoisotopic (exact) mass is 501 g/mol. The highest BCUT2D eigenvalue weighted by Crippen LogP contribution is 2.25. The molecule has 9 nitrogen and oxygen atoms in total. The minimum absolute atomic E-state index is 0.0682. The Kier molecular flexibility index (Phi) is 8.80. The van der Waals surface area contributed by atoms with Gasteiger partial charge >= 0.3 is 6.09 Å². The largest absolute Gasteiger partial charge is 0.445 e. The van der Waals surface area contributed by atoms with Crippen LogP contribution < -0.4 is 10.7 Å². The van der Waals surface area contributed by atoms with Gasteiger partial charge in [0.15, 0.2) is 0 Å². The van der Waals surface area contributed by atoms with Crippen molar-refractivity contribution < 1.29 is 19.1 Å². The number of carbonyl (C=O) groups is 3. The molecule has 1 aliphatic rings. The smallest absolute Gasteiger partial charge is 0.408 e. The molecule has 192 valence electrons. The summed E-state index contributed by atoms with van der Waals surface area (Å²) >= 11 is 0. The SMILES string of the molecule is CCCC(=O)NN(C(=O)C(NC(=O)OCc1ccccc1)c1ccccc1)C1CCc2ncncc2C1. The van der Waals surface area contributed by atoms with Gasteiger partial charge in [0.05, 0.1) is 6.04 Å². The van der Waals surface area contributed by atoms with E-state index in [2.05, 4.69) is 20.7 Å². The van der Waals surface area contributed by atoms with E-state index < -0.39 is 18.0 Å². The molecule has 2 atom stereocenters. The van der Waals surface area contributed by atoms with Crippen LogP contribution in [-0.4, -0.2) is 38.9 Å². The van der Waals surface area contributed by atoms with Crippen molar-refractivity contribution in [2.75, 3.05) is 0 Å². The molecule has 2 aromatic carbocycles. The summed E-state index contributed by atoms with van der Waals surface area (Å²) in [4.78, 5) is 47.9. The lowest BCUT2D eigenvalue weighted by molar-refractivity contribution is -0.146. The molecule has 2 N–H and O–H groups in total. The van der Waals surface area contributed by atoms with E-state index in [4.69, 9.17) is 4.74 Å². The minimum Gasteiger partial charge on any atom is -0.445 e. The maximum absolute atomic E-state index is 14.0. The Balaban J connectivity index is 1.57. The van der Waals surface area contributed by atoms with Gasteiger partial charge in [-0.15, -0.1) is 0 Å². The zero-order valence-electron chi connectivity index (χ0n) is 20.8. The Labute approximate surface area is 216 Å². The lowest BCUT2D eigenvalue weighted by Crippen LogP contribution is -2.57. The fraction of sp³-hybridized carbons (Fsp3) is 0.321. The van der Waals surface area contributed by atoms with Gasteiger partial charge in [0.2, 0.25) is 5.91 Å². The molecule has 3 amide bonds. The number of rotatable bonds is 8. The Morgan fingerprint density at radius 3 is 2.54 bits per heavy atom. The molecule has 0 saturated carbocycles. The lowest BCUT2D eigenvalue weighted by Gasteiger charge is -2.36. The Morgan fingerprint density at radius 1 is 1.08 bits per heavy atom. The number of fused-ring (bicyclic) bond motifs is 1. The highest BCUT2D eigenvalue weighted by molar-refractivity contribution is 5.89. The van der Waals surface area contributed by atoms with Crippen molar-refractivity contribution >= 4 is 17.9 Å². The van der Waals surface area contributed by atoms with Crippen LogP contribution in [-0.2, 0) is 33.8 Å². The van der Waals surface area contributed by atoms with Crippen molar-refractivity contribution in [1.29, 1.82) is 0 Å². The summed E-state index contributed by atoms with van der Waals surface area (Å²) in [6.07, 6.45) is 5.21. The number of ether oxygens (including phenoxy) is 1. The number of nitrogens with zero attached hydrogens (tertiary/aromatic N) is 3. The molecule has 0 fully saturated rings. The summed E-state index contributed by atoms with van der Waals surface area (Å²) in [5.41, 5.74) is 6.11. The molecule has 0 saturated heterocycles. The van der Waals surface area contributed by atoms with Gasteiger partial charge in [-0.1, -0.05) is 67.6 Å². The third-order valence-electron chi connectivity index (χ3n) is 6.23. The Bertz CT molecular complexity index is 1210. The zero-order valence-corrected chi connectivity index (χ0v) is 20.8. The molecule has 1 heterocycles. The predicted molar refractivity (Wildman–Crippen MR) is 137 cm³/mol. The highest BCUT2D eigenvalue weighted by Gasteiger charge is 2.35. The van der Waals surface area contributed by atoms with Gasteiger partial charge in [-0.3, -0.25) is 15.0 Å². The van der Waals surface area contributed by atoms with E-state index in [-0.39, 0.29) is 25.0 Å². The first-order chi connectivity index (χ1) is 18.0. The summed E-state index contributed by atoms with van der Waals surface area (Å²) in [5.74, 6) is -0.706. The van der Waals surface area contributed by atoms with Crippen molar-refractivity contribution in [3.05, 3.63) is 95.6 Å². The van der Waals surface area contributed by atoms with E-state index in [0.717, 1.165) is 16.8 Å². The van der Waals surface area contributed by atoms with E-state index in [1.54, 1.807) is 30.5 Å². The van der Waals surface area contributed by atoms with Crippen LogP contribution in [0.15, 0.2) is 73.2 Å². The second-order valence-electron chi connectivity index (χ2n) is 8.93. The third-order valence-corrected chi connectivity index (χ3v) is 6.23. The number of aromatic nitrogens is 2.